The maximum absolute atomic E-state index is 12.4. The van der Waals surface area contributed by atoms with Crippen molar-refractivity contribution in [2.45, 2.75) is 20.3 Å². The number of anilines is 2. The molecule has 0 aliphatic heterocycles. The van der Waals surface area contributed by atoms with Crippen molar-refractivity contribution in [1.29, 1.82) is 0 Å². The second-order valence-electron chi connectivity index (χ2n) is 8.00. The largest absolute Gasteiger partial charge is 0.494 e. The molecule has 3 N–H and O–H groups in total. The molecule has 0 radical (unpaired) electrons. The molecule has 9 nitrogen and oxygen atoms in total. The monoisotopic (exact) mass is 600 g/mol. The van der Waals surface area contributed by atoms with Crippen molar-refractivity contribution < 1.29 is 23.9 Å². The average molecular weight is 602 g/mol. The summed E-state index contributed by atoms with van der Waals surface area (Å²) in [5.74, 6) is -1.21. The summed E-state index contributed by atoms with van der Waals surface area (Å²) < 4.78 is 11.9. The van der Waals surface area contributed by atoms with Crippen LogP contribution in [0.25, 0.3) is 0 Å². The van der Waals surface area contributed by atoms with E-state index < -0.39 is 11.8 Å². The molecule has 0 aliphatic carbocycles. The molecule has 3 aromatic rings. The Hall–Kier alpha value is -3.89. The lowest BCUT2D eigenvalue weighted by atomic mass is 10.2. The standard InChI is InChI=1S/C27H26BrClN4O5/c1-3-12-37-22-9-7-21(8-10-22)31-26(35)27(36)33-30-15-18-13-19(28)5-11-24(18)38-16-25(34)32-23-14-20(29)6-4-17(23)2/h4-11,13-15H,3,12,16H2,1-2H3,(H,31,35)(H,32,34)(H,33,36)/b30-15-. The van der Waals surface area contributed by atoms with Crippen molar-refractivity contribution in [2.75, 3.05) is 23.8 Å². The Bertz CT molecular complexity index is 1330. The summed E-state index contributed by atoms with van der Waals surface area (Å²) in [7, 11) is 0. The molecule has 0 heterocycles. The third-order valence-corrected chi connectivity index (χ3v) is 5.69. The van der Waals surface area contributed by atoms with E-state index in [9.17, 15) is 14.4 Å². The summed E-state index contributed by atoms with van der Waals surface area (Å²) >= 11 is 9.37. The van der Waals surface area contributed by atoms with E-state index >= 15 is 0 Å². The Morgan fingerprint density at radius 1 is 0.974 bits per heavy atom. The van der Waals surface area contributed by atoms with Gasteiger partial charge in [0.1, 0.15) is 11.5 Å². The molecule has 0 saturated carbocycles. The number of amides is 3. The number of hydrogen-bond acceptors (Lipinski definition) is 6. The Morgan fingerprint density at radius 3 is 2.47 bits per heavy atom. The summed E-state index contributed by atoms with van der Waals surface area (Å²) in [6.45, 7) is 4.17. The minimum atomic E-state index is -0.957. The maximum atomic E-state index is 12.4. The highest BCUT2D eigenvalue weighted by molar-refractivity contribution is 9.10. The summed E-state index contributed by atoms with van der Waals surface area (Å²) in [5.41, 5.74) is 4.53. The number of benzene rings is 3. The molecule has 3 amide bonds. The highest BCUT2D eigenvalue weighted by Gasteiger charge is 2.13. The van der Waals surface area contributed by atoms with Crippen LogP contribution in [0.3, 0.4) is 0 Å². The first kappa shape index (κ1) is 28.7. The van der Waals surface area contributed by atoms with Gasteiger partial charge in [-0.05, 0) is 73.5 Å². The third-order valence-electron chi connectivity index (χ3n) is 4.97. The van der Waals surface area contributed by atoms with Gasteiger partial charge in [0.05, 0.1) is 12.8 Å². The van der Waals surface area contributed by atoms with Crippen LogP contribution < -0.4 is 25.5 Å². The number of carbonyl (C=O) groups is 3. The lowest BCUT2D eigenvalue weighted by Crippen LogP contribution is -2.32. The van der Waals surface area contributed by atoms with Crippen LogP contribution in [-0.4, -0.2) is 37.1 Å². The number of rotatable bonds is 10. The van der Waals surface area contributed by atoms with Gasteiger partial charge in [0.15, 0.2) is 6.61 Å². The Labute approximate surface area is 233 Å². The van der Waals surface area contributed by atoms with Gasteiger partial charge >= 0.3 is 11.8 Å². The SMILES string of the molecule is CCCOc1ccc(NC(=O)C(=O)N/N=C\c2cc(Br)ccc2OCC(=O)Nc2cc(Cl)ccc2C)cc1. The molecule has 3 aromatic carbocycles. The zero-order valence-electron chi connectivity index (χ0n) is 20.7. The van der Waals surface area contributed by atoms with Crippen molar-refractivity contribution in [1.82, 2.24) is 5.43 Å². The van der Waals surface area contributed by atoms with Gasteiger partial charge in [-0.3, -0.25) is 14.4 Å². The molecule has 198 valence electrons. The fraction of sp³-hybridized carbons (Fsp3) is 0.185. The molecular weight excluding hydrogens is 576 g/mol. The van der Waals surface area contributed by atoms with Gasteiger partial charge in [-0.2, -0.15) is 5.10 Å². The molecule has 0 aromatic heterocycles. The Balaban J connectivity index is 1.55. The van der Waals surface area contributed by atoms with Gasteiger partial charge < -0.3 is 20.1 Å². The van der Waals surface area contributed by atoms with E-state index in [1.54, 1.807) is 60.7 Å². The molecule has 3 rings (SSSR count). The summed E-state index contributed by atoms with van der Waals surface area (Å²) in [6, 6.07) is 16.9. The predicted molar refractivity (Wildman–Crippen MR) is 151 cm³/mol. The van der Waals surface area contributed by atoms with Crippen LogP contribution in [0, 0.1) is 6.92 Å². The van der Waals surface area contributed by atoms with E-state index in [1.807, 2.05) is 13.8 Å². The first-order chi connectivity index (χ1) is 18.2. The molecule has 38 heavy (non-hydrogen) atoms. The first-order valence-corrected chi connectivity index (χ1v) is 12.8. The topological polar surface area (TPSA) is 118 Å². The van der Waals surface area contributed by atoms with E-state index in [1.165, 1.54) is 6.21 Å². The number of halogens is 2. The second-order valence-corrected chi connectivity index (χ2v) is 9.36. The minimum Gasteiger partial charge on any atom is -0.494 e. The van der Waals surface area contributed by atoms with E-state index in [0.717, 1.165) is 16.5 Å². The van der Waals surface area contributed by atoms with Crippen LogP contribution in [0.2, 0.25) is 5.02 Å². The van der Waals surface area contributed by atoms with Crippen LogP contribution >= 0.6 is 27.5 Å². The number of nitrogens with one attached hydrogen (secondary N) is 3. The molecule has 0 aliphatic rings. The zero-order chi connectivity index (χ0) is 27.5. The van der Waals surface area contributed by atoms with E-state index in [4.69, 9.17) is 21.1 Å². The van der Waals surface area contributed by atoms with E-state index in [-0.39, 0.29) is 12.5 Å². The van der Waals surface area contributed by atoms with E-state index in [0.29, 0.717) is 40.1 Å². The summed E-state index contributed by atoms with van der Waals surface area (Å²) in [5, 5.41) is 9.60. The quantitative estimate of drug-likeness (QED) is 0.165. The highest BCUT2D eigenvalue weighted by atomic mass is 79.9. The van der Waals surface area contributed by atoms with Gasteiger partial charge in [0.2, 0.25) is 0 Å². The number of ether oxygens (including phenoxy) is 2. The molecule has 0 saturated heterocycles. The fourth-order valence-electron chi connectivity index (χ4n) is 3.06. The fourth-order valence-corrected chi connectivity index (χ4v) is 3.61. The van der Waals surface area contributed by atoms with Crippen molar-refractivity contribution in [2.24, 2.45) is 5.10 Å². The van der Waals surface area contributed by atoms with Gasteiger partial charge in [0.25, 0.3) is 5.91 Å². The number of carbonyl (C=O) groups excluding carboxylic acids is 3. The molecule has 0 atom stereocenters. The molecule has 0 bridgehead atoms. The lowest BCUT2D eigenvalue weighted by Gasteiger charge is -2.11. The molecule has 0 fully saturated rings. The summed E-state index contributed by atoms with van der Waals surface area (Å²) in [4.78, 5) is 36.8. The van der Waals surface area contributed by atoms with Gasteiger partial charge in [-0.1, -0.05) is 40.5 Å². The minimum absolute atomic E-state index is 0.272. The molecular formula is C27H26BrClN4O5. The Morgan fingerprint density at radius 2 is 1.74 bits per heavy atom. The predicted octanol–water partition coefficient (Wildman–Crippen LogP) is 5.31. The molecule has 0 spiro atoms. The zero-order valence-corrected chi connectivity index (χ0v) is 23.1. The van der Waals surface area contributed by atoms with Crippen molar-refractivity contribution >= 4 is 62.8 Å². The van der Waals surface area contributed by atoms with E-state index in [2.05, 4.69) is 37.1 Å². The van der Waals surface area contributed by atoms with Gasteiger partial charge in [-0.15, -0.1) is 0 Å². The van der Waals surface area contributed by atoms with Crippen LogP contribution in [-0.2, 0) is 14.4 Å². The van der Waals surface area contributed by atoms with Crippen LogP contribution in [0.1, 0.15) is 24.5 Å². The van der Waals surface area contributed by atoms with Crippen molar-refractivity contribution in [3.63, 3.8) is 0 Å². The molecule has 11 heteroatoms. The lowest BCUT2D eigenvalue weighted by molar-refractivity contribution is -0.136. The van der Waals surface area contributed by atoms with Gasteiger partial charge in [0, 0.05) is 26.4 Å². The van der Waals surface area contributed by atoms with Crippen LogP contribution in [0.15, 0.2) is 70.2 Å². The average Bonchev–Trinajstić information content (AvgIpc) is 2.89. The van der Waals surface area contributed by atoms with Crippen LogP contribution in [0.4, 0.5) is 11.4 Å². The molecule has 0 unspecified atom stereocenters. The first-order valence-electron chi connectivity index (χ1n) is 11.6. The normalized spacial score (nSPS) is 10.6. The number of hydrazone groups is 1. The number of hydrogen-bond donors (Lipinski definition) is 3. The second kappa shape index (κ2) is 14.2. The maximum Gasteiger partial charge on any atom is 0.329 e. The number of nitrogens with zero attached hydrogens (tertiary/aromatic N) is 1. The highest BCUT2D eigenvalue weighted by Crippen LogP contribution is 2.23. The summed E-state index contributed by atoms with van der Waals surface area (Å²) in [6.07, 6.45) is 2.19. The van der Waals surface area contributed by atoms with Gasteiger partial charge in [-0.25, -0.2) is 5.43 Å². The van der Waals surface area contributed by atoms with Crippen LogP contribution in [0.5, 0.6) is 11.5 Å². The third kappa shape index (κ3) is 8.89. The number of aryl methyl sites for hydroxylation is 1. The smallest absolute Gasteiger partial charge is 0.329 e. The van der Waals surface area contributed by atoms with Crippen molar-refractivity contribution in [3.05, 3.63) is 81.3 Å². The van der Waals surface area contributed by atoms with Crippen molar-refractivity contribution in [3.8, 4) is 11.5 Å². The Kier molecular flexibility index (Phi) is 10.7.